The van der Waals surface area contributed by atoms with Crippen LogP contribution in [0, 0.1) is 5.92 Å². The van der Waals surface area contributed by atoms with Crippen molar-refractivity contribution in [1.82, 2.24) is 9.29 Å². The number of hydrogen-bond donors (Lipinski definition) is 2. The molecule has 0 aliphatic carbocycles. The zero-order valence-electron chi connectivity index (χ0n) is 19.5. The Morgan fingerprint density at radius 2 is 1.81 bits per heavy atom. The van der Waals surface area contributed by atoms with Crippen LogP contribution in [0.1, 0.15) is 12.8 Å². The van der Waals surface area contributed by atoms with Gasteiger partial charge in [0, 0.05) is 29.6 Å². The van der Waals surface area contributed by atoms with Gasteiger partial charge in [0.1, 0.15) is 10.8 Å². The Balaban J connectivity index is 1.27. The number of nitrogens with one attached hydrogen (secondary N) is 1. The van der Waals surface area contributed by atoms with Gasteiger partial charge in [0.25, 0.3) is 0 Å². The predicted octanol–water partition coefficient (Wildman–Crippen LogP) is 5.43. The number of amides is 1. The molecule has 3 aromatic carbocycles. The van der Waals surface area contributed by atoms with Gasteiger partial charge in [-0.05, 0) is 61.6 Å². The summed E-state index contributed by atoms with van der Waals surface area (Å²) in [6.07, 6.45) is 2.74. The number of para-hydroxylation sites is 1. The van der Waals surface area contributed by atoms with E-state index in [0.717, 1.165) is 10.2 Å². The zero-order valence-corrected chi connectivity index (χ0v) is 22.0. The number of sulfonamides is 1. The van der Waals surface area contributed by atoms with Gasteiger partial charge in [-0.3, -0.25) is 4.79 Å². The minimum atomic E-state index is -3.62. The van der Waals surface area contributed by atoms with Crippen molar-refractivity contribution in [2.45, 2.75) is 22.6 Å². The molecule has 0 atom stereocenters. The topological polar surface area (TPSA) is 99.6 Å². The minimum absolute atomic E-state index is 0.0936. The zero-order chi connectivity index (χ0) is 25.3. The van der Waals surface area contributed by atoms with E-state index >= 15 is 0 Å². The smallest absolute Gasteiger partial charge is 0.244 e. The van der Waals surface area contributed by atoms with Crippen LogP contribution in [-0.4, -0.2) is 48.1 Å². The van der Waals surface area contributed by atoms with Crippen LogP contribution in [0.4, 0.5) is 5.69 Å². The number of thioether (sulfide) groups is 1. The summed E-state index contributed by atoms with van der Waals surface area (Å²) in [6.45, 7) is 0.575. The molecule has 1 amide bonds. The number of thiazole rings is 1. The highest BCUT2D eigenvalue weighted by atomic mass is 32.2. The van der Waals surface area contributed by atoms with Crippen molar-refractivity contribution in [3.05, 3.63) is 66.7 Å². The lowest BCUT2D eigenvalue weighted by atomic mass is 9.97. The van der Waals surface area contributed by atoms with Crippen molar-refractivity contribution < 1.29 is 18.3 Å². The lowest BCUT2D eigenvalue weighted by Crippen LogP contribution is -2.41. The summed E-state index contributed by atoms with van der Waals surface area (Å²) >= 11 is 2.88. The molecule has 0 saturated carbocycles. The van der Waals surface area contributed by atoms with Crippen LogP contribution >= 0.6 is 23.1 Å². The van der Waals surface area contributed by atoms with Crippen LogP contribution in [0.15, 0.2) is 76.5 Å². The molecule has 0 bridgehead atoms. The van der Waals surface area contributed by atoms with Crippen LogP contribution in [-0.2, 0) is 14.8 Å². The number of phenols is 1. The second kappa shape index (κ2) is 10.2. The molecule has 1 saturated heterocycles. The molecule has 2 N–H and O–H groups in total. The maximum Gasteiger partial charge on any atom is 0.244 e. The third kappa shape index (κ3) is 4.86. The number of carbonyl (C=O) groups excluding carboxylic acids is 1. The quantitative estimate of drug-likeness (QED) is 0.250. The summed E-state index contributed by atoms with van der Waals surface area (Å²) < 4.78 is 28.9. The van der Waals surface area contributed by atoms with Crippen molar-refractivity contribution in [2.75, 3.05) is 24.7 Å². The van der Waals surface area contributed by atoms with Gasteiger partial charge in [-0.25, -0.2) is 13.4 Å². The highest BCUT2D eigenvalue weighted by molar-refractivity contribution is 7.99. The number of hydrogen-bond acceptors (Lipinski definition) is 7. The molecular weight excluding hydrogens is 515 g/mol. The molecule has 36 heavy (non-hydrogen) atoms. The third-order valence-corrected chi connectivity index (χ3v) is 10.3. The number of benzene rings is 3. The molecule has 0 radical (unpaired) electrons. The average Bonchev–Trinajstić information content (AvgIpc) is 3.34. The van der Waals surface area contributed by atoms with Crippen molar-refractivity contribution in [1.29, 1.82) is 0 Å². The largest absolute Gasteiger partial charge is 0.507 e. The molecule has 1 aliphatic rings. The number of fused-ring (bicyclic) bond motifs is 1. The molecule has 10 heteroatoms. The Morgan fingerprint density at radius 1 is 1.08 bits per heavy atom. The van der Waals surface area contributed by atoms with E-state index in [1.54, 1.807) is 36.4 Å². The van der Waals surface area contributed by atoms with Gasteiger partial charge in [0.15, 0.2) is 0 Å². The third-order valence-electron chi connectivity index (χ3n) is 6.30. The minimum Gasteiger partial charge on any atom is -0.507 e. The van der Waals surface area contributed by atoms with E-state index in [1.807, 2.05) is 36.6 Å². The number of carbonyl (C=O) groups is 1. The first-order valence-corrected chi connectivity index (χ1v) is 15.0. The van der Waals surface area contributed by atoms with Crippen LogP contribution < -0.4 is 5.32 Å². The molecule has 4 aromatic rings. The maximum absolute atomic E-state index is 13.2. The standard InChI is InChI=1S/C26H25N3O4S3/c1-34-23-8-4-5-9-24(23)36(32,33)29-14-12-17(13-15-29)25(31)27-18-10-11-21(30)19(16-18)26-28-20-6-2-3-7-22(20)35-26/h2-11,16-17,30H,12-15H2,1H3,(H,27,31). The fourth-order valence-corrected chi connectivity index (χ4v) is 7.93. The van der Waals surface area contributed by atoms with Crippen LogP contribution in [0.5, 0.6) is 5.75 Å². The maximum atomic E-state index is 13.2. The van der Waals surface area contributed by atoms with E-state index in [0.29, 0.717) is 38.9 Å². The second-order valence-electron chi connectivity index (χ2n) is 8.54. The summed E-state index contributed by atoms with van der Waals surface area (Å²) in [7, 11) is -3.62. The van der Waals surface area contributed by atoms with E-state index in [2.05, 4.69) is 10.3 Å². The van der Waals surface area contributed by atoms with Crippen LogP contribution in [0.25, 0.3) is 20.8 Å². The van der Waals surface area contributed by atoms with Crippen molar-refractivity contribution in [3.8, 4) is 16.3 Å². The molecule has 0 spiro atoms. The molecule has 1 fully saturated rings. The SMILES string of the molecule is CSc1ccccc1S(=O)(=O)N1CCC(C(=O)Nc2ccc(O)c(-c3nc4ccccc4s3)c2)CC1. The van der Waals surface area contributed by atoms with Gasteiger partial charge in [0.2, 0.25) is 15.9 Å². The number of anilines is 1. The first kappa shape index (κ1) is 24.8. The molecule has 0 unspecified atom stereocenters. The molecule has 1 aromatic heterocycles. The number of piperidine rings is 1. The summed E-state index contributed by atoms with van der Waals surface area (Å²) in [5.41, 5.74) is 1.98. The Morgan fingerprint density at radius 3 is 2.56 bits per heavy atom. The molecule has 2 heterocycles. The summed E-state index contributed by atoms with van der Waals surface area (Å²) in [5.74, 6) is -0.361. The van der Waals surface area contributed by atoms with Gasteiger partial charge >= 0.3 is 0 Å². The van der Waals surface area contributed by atoms with E-state index in [4.69, 9.17) is 0 Å². The summed E-state index contributed by atoms with van der Waals surface area (Å²) in [6, 6.07) is 19.7. The molecule has 7 nitrogen and oxygen atoms in total. The van der Waals surface area contributed by atoms with E-state index in [-0.39, 0.29) is 30.7 Å². The van der Waals surface area contributed by atoms with Crippen LogP contribution in [0.3, 0.4) is 0 Å². The van der Waals surface area contributed by atoms with Gasteiger partial charge in [-0.1, -0.05) is 24.3 Å². The Kier molecular flexibility index (Phi) is 7.03. The van der Waals surface area contributed by atoms with Gasteiger partial charge in [0.05, 0.1) is 20.7 Å². The fraction of sp³-hybridized carbons (Fsp3) is 0.231. The van der Waals surface area contributed by atoms with E-state index < -0.39 is 10.0 Å². The van der Waals surface area contributed by atoms with Gasteiger partial charge < -0.3 is 10.4 Å². The number of phenolic OH excluding ortho intramolecular Hbond substituents is 1. The highest BCUT2D eigenvalue weighted by Gasteiger charge is 2.33. The Bertz CT molecular complexity index is 1490. The van der Waals surface area contributed by atoms with Crippen molar-refractivity contribution in [3.63, 3.8) is 0 Å². The number of nitrogens with zero attached hydrogens (tertiary/aromatic N) is 2. The van der Waals surface area contributed by atoms with E-state index in [1.165, 1.54) is 27.4 Å². The number of aromatic nitrogens is 1. The second-order valence-corrected chi connectivity index (χ2v) is 12.3. The Labute approximate surface area is 218 Å². The fourth-order valence-electron chi connectivity index (χ4n) is 4.35. The number of rotatable bonds is 6. The van der Waals surface area contributed by atoms with Gasteiger partial charge in [-0.15, -0.1) is 23.1 Å². The molecule has 1 aliphatic heterocycles. The Hall–Kier alpha value is -2.92. The van der Waals surface area contributed by atoms with Crippen molar-refractivity contribution in [2.24, 2.45) is 5.92 Å². The first-order chi connectivity index (χ1) is 17.4. The average molecular weight is 540 g/mol. The van der Waals surface area contributed by atoms with Gasteiger partial charge in [-0.2, -0.15) is 4.31 Å². The monoisotopic (exact) mass is 539 g/mol. The predicted molar refractivity (Wildman–Crippen MR) is 145 cm³/mol. The molecule has 186 valence electrons. The molecular formula is C26H25N3O4S3. The molecule has 5 rings (SSSR count). The summed E-state index contributed by atoms with van der Waals surface area (Å²) in [5, 5.41) is 14.0. The van der Waals surface area contributed by atoms with Crippen LogP contribution in [0.2, 0.25) is 0 Å². The van der Waals surface area contributed by atoms with Crippen molar-refractivity contribution >= 4 is 54.9 Å². The lowest BCUT2D eigenvalue weighted by molar-refractivity contribution is -0.120. The lowest BCUT2D eigenvalue weighted by Gasteiger charge is -2.31. The summed E-state index contributed by atoms with van der Waals surface area (Å²) in [4.78, 5) is 18.6. The highest BCUT2D eigenvalue weighted by Crippen LogP contribution is 2.37. The normalized spacial score (nSPS) is 15.2. The first-order valence-electron chi connectivity index (χ1n) is 11.5. The number of aromatic hydroxyl groups is 1. The van der Waals surface area contributed by atoms with E-state index in [9.17, 15) is 18.3 Å².